The van der Waals surface area contributed by atoms with Crippen LogP contribution in [0.1, 0.15) is 58.9 Å². The fourth-order valence-corrected chi connectivity index (χ4v) is 6.64. The van der Waals surface area contributed by atoms with Gasteiger partial charge in [-0.3, -0.25) is 0 Å². The number of urea groups is 1. The Morgan fingerprint density at radius 3 is 2.24 bits per heavy atom. The Hall–Kier alpha value is -4.15. The number of carboxylic acids is 1. The highest BCUT2D eigenvalue weighted by Crippen LogP contribution is 2.43. The quantitative estimate of drug-likeness (QED) is 0.133. The van der Waals surface area contributed by atoms with E-state index in [9.17, 15) is 19.8 Å². The number of carboxylic acid groups (broad SMARTS) is 1. The van der Waals surface area contributed by atoms with Gasteiger partial charge >= 0.3 is 12.0 Å². The highest BCUT2D eigenvalue weighted by atomic mass is 32.2. The molecule has 4 aromatic rings. The molecule has 1 heterocycles. The number of hydrogen-bond donors (Lipinski definition) is 4. The highest BCUT2D eigenvalue weighted by Gasteiger charge is 2.38. The lowest BCUT2D eigenvalue weighted by Gasteiger charge is -2.41. The molecule has 8 nitrogen and oxygen atoms in total. The second-order valence-corrected chi connectivity index (χ2v) is 12.0. The summed E-state index contributed by atoms with van der Waals surface area (Å²) in [5, 5.41) is 24.9. The van der Waals surface area contributed by atoms with E-state index >= 15 is 0 Å². The normalized spacial score (nSPS) is 19.5. The Morgan fingerprint density at radius 1 is 0.844 bits per heavy atom. The number of hydrogen-bond acceptors (Lipinski definition) is 6. The predicted octanol–water partition coefficient (Wildman–Crippen LogP) is 6.95. The average Bonchev–Trinajstić information content (AvgIpc) is 3.07. The third-order valence-corrected chi connectivity index (χ3v) is 9.09. The fourth-order valence-electron chi connectivity index (χ4n) is 5.43. The molecule has 0 spiro atoms. The number of ether oxygens (including phenoxy) is 2. The molecule has 0 aliphatic carbocycles. The summed E-state index contributed by atoms with van der Waals surface area (Å²) in [7, 11) is 0. The molecule has 0 bridgehead atoms. The second kappa shape index (κ2) is 15.2. The van der Waals surface area contributed by atoms with Crippen molar-refractivity contribution in [2.45, 2.75) is 50.4 Å². The molecule has 0 aromatic heterocycles. The second-order valence-electron chi connectivity index (χ2n) is 10.9. The monoisotopic (exact) mass is 626 g/mol. The third-order valence-electron chi connectivity index (χ3n) is 7.93. The molecule has 0 radical (unpaired) electrons. The molecule has 4 aromatic carbocycles. The van der Waals surface area contributed by atoms with E-state index in [1.807, 2.05) is 91.9 Å². The van der Waals surface area contributed by atoms with Crippen LogP contribution in [0, 0.1) is 5.92 Å². The molecule has 1 fully saturated rings. The first-order valence-electron chi connectivity index (χ1n) is 15.0. The largest absolute Gasteiger partial charge is 0.478 e. The molecule has 0 saturated carbocycles. The average molecular weight is 627 g/mol. The molecule has 234 valence electrons. The number of amides is 2. The molecule has 1 aliphatic rings. The lowest BCUT2D eigenvalue weighted by Crippen LogP contribution is -2.38. The van der Waals surface area contributed by atoms with Gasteiger partial charge < -0.3 is 30.3 Å². The maximum atomic E-state index is 12.0. The number of thioether (sulfide) groups is 1. The number of carbonyl (C=O) groups excluding carboxylic acids is 1. The van der Waals surface area contributed by atoms with E-state index in [0.29, 0.717) is 23.7 Å². The Bertz CT molecular complexity index is 1590. The summed E-state index contributed by atoms with van der Waals surface area (Å²) < 4.78 is 13.2. The van der Waals surface area contributed by atoms with Crippen molar-refractivity contribution < 1.29 is 29.3 Å². The van der Waals surface area contributed by atoms with E-state index in [-0.39, 0.29) is 36.3 Å². The number of aromatic carboxylic acids is 1. The van der Waals surface area contributed by atoms with Crippen LogP contribution in [-0.4, -0.2) is 40.6 Å². The number of benzene rings is 4. The van der Waals surface area contributed by atoms with Crippen molar-refractivity contribution >= 4 is 23.8 Å². The molecule has 2 amide bonds. The zero-order valence-electron chi connectivity index (χ0n) is 25.3. The predicted molar refractivity (Wildman–Crippen MR) is 175 cm³/mol. The summed E-state index contributed by atoms with van der Waals surface area (Å²) >= 11 is 1.47. The molecule has 45 heavy (non-hydrogen) atoms. The number of nitrogens with one attached hydrogen (secondary N) is 2. The Morgan fingerprint density at radius 2 is 1.53 bits per heavy atom. The van der Waals surface area contributed by atoms with Crippen LogP contribution < -0.4 is 10.6 Å². The third kappa shape index (κ3) is 7.93. The van der Waals surface area contributed by atoms with E-state index in [2.05, 4.69) is 17.6 Å². The molecule has 1 saturated heterocycles. The first-order chi connectivity index (χ1) is 21.9. The van der Waals surface area contributed by atoms with Crippen LogP contribution in [0.5, 0.6) is 0 Å². The van der Waals surface area contributed by atoms with Crippen LogP contribution >= 0.6 is 11.8 Å². The first kappa shape index (κ1) is 32.2. The molecule has 5 rings (SSSR count). The topological polar surface area (TPSA) is 117 Å². The van der Waals surface area contributed by atoms with Crippen molar-refractivity contribution in [2.24, 2.45) is 5.92 Å². The summed E-state index contributed by atoms with van der Waals surface area (Å²) in [4.78, 5) is 24.5. The lowest BCUT2D eigenvalue weighted by molar-refractivity contribution is -0.268. The Balaban J connectivity index is 1.39. The van der Waals surface area contributed by atoms with E-state index in [1.54, 1.807) is 12.1 Å². The van der Waals surface area contributed by atoms with Crippen LogP contribution in [-0.2, 0) is 22.6 Å². The van der Waals surface area contributed by atoms with Crippen LogP contribution in [0.3, 0.4) is 0 Å². The molecule has 1 aliphatic heterocycles. The summed E-state index contributed by atoms with van der Waals surface area (Å²) in [5.74, 6) is -0.449. The van der Waals surface area contributed by atoms with Crippen molar-refractivity contribution in [2.75, 3.05) is 12.3 Å². The van der Waals surface area contributed by atoms with Gasteiger partial charge in [-0.2, -0.15) is 0 Å². The van der Waals surface area contributed by atoms with Crippen LogP contribution in [0.15, 0.2) is 102 Å². The van der Waals surface area contributed by atoms with Gasteiger partial charge in [-0.1, -0.05) is 91.9 Å². The maximum Gasteiger partial charge on any atom is 0.336 e. The van der Waals surface area contributed by atoms with Crippen molar-refractivity contribution in [3.8, 4) is 11.1 Å². The van der Waals surface area contributed by atoms with E-state index in [4.69, 9.17) is 9.47 Å². The molecule has 4 atom stereocenters. The molecular weight excluding hydrogens is 588 g/mol. The minimum Gasteiger partial charge on any atom is -0.478 e. The molecule has 4 N–H and O–H groups in total. The molecule has 0 unspecified atom stereocenters. The van der Waals surface area contributed by atoms with E-state index in [1.165, 1.54) is 11.8 Å². The van der Waals surface area contributed by atoms with Gasteiger partial charge in [0, 0.05) is 35.2 Å². The van der Waals surface area contributed by atoms with Gasteiger partial charge in [0.05, 0.1) is 24.4 Å². The number of aliphatic hydroxyl groups is 1. The van der Waals surface area contributed by atoms with Gasteiger partial charge in [-0.15, -0.1) is 11.8 Å². The SMILES string of the molecule is CCNC(=O)NCc1ccccc1-c1ccc([C@@H]2O[C@H](CSc3ccccc3C(=O)O)[C@H](C)[C@H](c3ccc(CO)cc3)O2)cc1. The fraction of sp³-hybridized carbons (Fsp3) is 0.278. The summed E-state index contributed by atoms with van der Waals surface area (Å²) in [6.45, 7) is 4.89. The summed E-state index contributed by atoms with van der Waals surface area (Å²) in [6, 6.07) is 30.6. The van der Waals surface area contributed by atoms with Gasteiger partial charge in [0.15, 0.2) is 6.29 Å². The van der Waals surface area contributed by atoms with Gasteiger partial charge in [-0.05, 0) is 46.9 Å². The number of carbonyl (C=O) groups is 2. The van der Waals surface area contributed by atoms with Gasteiger partial charge in [0.2, 0.25) is 0 Å². The smallest absolute Gasteiger partial charge is 0.336 e. The summed E-state index contributed by atoms with van der Waals surface area (Å²) in [6.07, 6.45) is -1.16. The maximum absolute atomic E-state index is 12.0. The van der Waals surface area contributed by atoms with Crippen LogP contribution in [0.2, 0.25) is 0 Å². The van der Waals surface area contributed by atoms with Crippen LogP contribution in [0.25, 0.3) is 11.1 Å². The Kier molecular flexibility index (Phi) is 10.9. The van der Waals surface area contributed by atoms with Crippen molar-refractivity contribution in [3.63, 3.8) is 0 Å². The minimum absolute atomic E-state index is 0.0331. The van der Waals surface area contributed by atoms with Crippen molar-refractivity contribution in [1.29, 1.82) is 0 Å². The van der Waals surface area contributed by atoms with Gasteiger partial charge in [0.25, 0.3) is 0 Å². The van der Waals surface area contributed by atoms with E-state index < -0.39 is 12.3 Å². The highest BCUT2D eigenvalue weighted by molar-refractivity contribution is 7.99. The van der Waals surface area contributed by atoms with Crippen molar-refractivity contribution in [1.82, 2.24) is 10.6 Å². The van der Waals surface area contributed by atoms with Crippen molar-refractivity contribution in [3.05, 3.63) is 125 Å². The number of aliphatic hydroxyl groups excluding tert-OH is 1. The standard InChI is InChI=1S/C36H38N2O6S/c1-3-37-36(42)38-20-28-8-4-5-9-29(28)25-16-18-27(19-17-25)35-43-31(22-45-32-11-7-6-10-30(32)34(40)41)23(2)33(44-35)26-14-12-24(21-39)13-15-26/h4-19,23,31,33,35,39H,3,20-22H2,1-2H3,(H,40,41)(H2,37,38,42)/t23-,31+,33+,35+/m0/s1. The molecule has 9 heteroatoms. The first-order valence-corrected chi connectivity index (χ1v) is 16.0. The zero-order valence-corrected chi connectivity index (χ0v) is 26.1. The lowest BCUT2D eigenvalue weighted by atomic mass is 9.91. The molecular formula is C36H38N2O6S. The van der Waals surface area contributed by atoms with Gasteiger partial charge in [0.1, 0.15) is 0 Å². The summed E-state index contributed by atoms with van der Waals surface area (Å²) in [5.41, 5.74) is 5.97. The Labute approximate surface area is 267 Å². The van der Waals surface area contributed by atoms with Crippen LogP contribution in [0.4, 0.5) is 4.79 Å². The number of rotatable bonds is 11. The zero-order chi connectivity index (χ0) is 31.8. The minimum atomic E-state index is -0.958. The van der Waals surface area contributed by atoms with E-state index in [0.717, 1.165) is 33.4 Å². The van der Waals surface area contributed by atoms with Gasteiger partial charge in [-0.25, -0.2) is 9.59 Å².